The van der Waals surface area contributed by atoms with E-state index in [0.717, 1.165) is 24.6 Å². The highest BCUT2D eigenvalue weighted by Crippen LogP contribution is 2.67. The lowest BCUT2D eigenvalue weighted by molar-refractivity contribution is -0.996. The summed E-state index contributed by atoms with van der Waals surface area (Å²) in [4.78, 5) is 12.7. The number of quaternary nitrogens is 2. The Kier molecular flexibility index (Phi) is 5.06. The molecule has 6 atom stereocenters. The van der Waals surface area contributed by atoms with Crippen LogP contribution in [0.4, 0.5) is 11.4 Å². The zero-order valence-corrected chi connectivity index (χ0v) is 15.8. The average molecular weight is 382 g/mol. The summed E-state index contributed by atoms with van der Waals surface area (Å²) in [5.41, 5.74) is -1.32. The number of methoxy groups -OCH3 is 1. The summed E-state index contributed by atoms with van der Waals surface area (Å²) in [6.07, 6.45) is 1.17. The first-order chi connectivity index (χ1) is 12.5. The Labute approximate surface area is 157 Å². The molecule has 150 valence electrons. The Bertz CT molecular complexity index is 710. The van der Waals surface area contributed by atoms with E-state index in [4.69, 9.17) is 9.47 Å². The van der Waals surface area contributed by atoms with Crippen molar-refractivity contribution >= 4 is 17.3 Å². The highest BCUT2D eigenvalue weighted by atomic mass is 16.8. The first-order valence-electron chi connectivity index (χ1n) is 8.87. The molecule has 2 aliphatic rings. The minimum absolute atomic E-state index is 0.0967. The lowest BCUT2D eigenvalue weighted by Crippen LogP contribution is -3.00. The van der Waals surface area contributed by atoms with Crippen molar-refractivity contribution in [1.82, 2.24) is 0 Å². The van der Waals surface area contributed by atoms with E-state index in [0.29, 0.717) is 18.3 Å². The quantitative estimate of drug-likeness (QED) is 0.430. The molecule has 0 aromatic heterocycles. The van der Waals surface area contributed by atoms with Crippen molar-refractivity contribution in [3.8, 4) is 0 Å². The van der Waals surface area contributed by atoms with E-state index in [1.165, 1.54) is 0 Å². The van der Waals surface area contributed by atoms with Gasteiger partial charge in [-0.3, -0.25) is 0 Å². The minimum atomic E-state index is -1.31. The van der Waals surface area contributed by atoms with E-state index in [-0.39, 0.29) is 28.5 Å². The molecule has 1 aromatic rings. The van der Waals surface area contributed by atoms with E-state index in [1.807, 2.05) is 6.92 Å². The van der Waals surface area contributed by atoms with Crippen molar-refractivity contribution in [1.29, 1.82) is 0 Å². The van der Waals surface area contributed by atoms with Crippen molar-refractivity contribution in [2.45, 2.75) is 45.3 Å². The second-order valence-corrected chi connectivity index (χ2v) is 8.31. The van der Waals surface area contributed by atoms with Gasteiger partial charge in [0.05, 0.1) is 17.7 Å². The van der Waals surface area contributed by atoms with Crippen molar-refractivity contribution in [3.63, 3.8) is 0 Å². The van der Waals surface area contributed by atoms with Crippen LogP contribution in [0.5, 0.6) is 0 Å². The molecule has 9 nitrogen and oxygen atoms in total. The molecule has 4 N–H and O–H groups in total. The summed E-state index contributed by atoms with van der Waals surface area (Å²) in [7, 11) is 1.58. The summed E-state index contributed by atoms with van der Waals surface area (Å²) >= 11 is 0. The van der Waals surface area contributed by atoms with Gasteiger partial charge in [-0.05, 0) is 37.0 Å². The van der Waals surface area contributed by atoms with Crippen LogP contribution in [-0.2, 0) is 9.47 Å². The van der Waals surface area contributed by atoms with Crippen LogP contribution in [0.3, 0.4) is 0 Å². The molecular weight excluding hydrogens is 356 g/mol. The number of rotatable bonds is 5. The van der Waals surface area contributed by atoms with Crippen molar-refractivity contribution in [3.05, 3.63) is 34.2 Å². The Balaban J connectivity index is 1.86. The number of esters is 1. The lowest BCUT2D eigenvalue weighted by Gasteiger charge is -2.39. The summed E-state index contributed by atoms with van der Waals surface area (Å²) in [5.74, 6) is 0.215. The van der Waals surface area contributed by atoms with Crippen molar-refractivity contribution < 1.29 is 35.1 Å². The molecule has 2 saturated carbocycles. The van der Waals surface area contributed by atoms with Crippen LogP contribution in [0, 0.1) is 27.7 Å². The number of fused-ring (bicyclic) bond motifs is 1. The number of carbonyl (C=O) groups is 1. The van der Waals surface area contributed by atoms with Crippen LogP contribution in [0.25, 0.3) is 0 Å². The van der Waals surface area contributed by atoms with Gasteiger partial charge in [0.1, 0.15) is 5.60 Å². The van der Waals surface area contributed by atoms with Crippen molar-refractivity contribution in [2.75, 3.05) is 7.11 Å². The second kappa shape index (κ2) is 6.78. The summed E-state index contributed by atoms with van der Waals surface area (Å²) in [5, 5.41) is 38.3. The molecule has 0 spiro atoms. The molecule has 3 rings (SSSR count). The van der Waals surface area contributed by atoms with Gasteiger partial charge in [-0.25, -0.2) is 15.2 Å². The van der Waals surface area contributed by atoms with Gasteiger partial charge < -0.3 is 19.9 Å². The van der Waals surface area contributed by atoms with Crippen LogP contribution in [0.1, 0.15) is 44.0 Å². The molecule has 4 unspecified atom stereocenters. The van der Waals surface area contributed by atoms with E-state index < -0.39 is 22.0 Å². The minimum Gasteiger partial charge on any atom is -0.595 e. The molecule has 0 amide bonds. The van der Waals surface area contributed by atoms with Crippen LogP contribution in [-0.4, -0.2) is 35.2 Å². The SMILES string of the molecule is CO[C@@H]1CC2C(C[C@@]1(C)OC(=O)c1cc([NH+]([O-])O)cc([NH+]([O-])O)c1)C2(C)C. The van der Waals surface area contributed by atoms with Gasteiger partial charge in [-0.2, -0.15) is 10.5 Å². The van der Waals surface area contributed by atoms with E-state index in [2.05, 4.69) is 13.8 Å². The predicted molar refractivity (Wildman–Crippen MR) is 92.6 cm³/mol. The fourth-order valence-electron chi connectivity index (χ4n) is 4.49. The third kappa shape index (κ3) is 3.59. The van der Waals surface area contributed by atoms with Crippen molar-refractivity contribution in [2.24, 2.45) is 17.3 Å². The van der Waals surface area contributed by atoms with Crippen LogP contribution in [0.2, 0.25) is 0 Å². The van der Waals surface area contributed by atoms with E-state index in [1.54, 1.807) is 7.11 Å². The summed E-state index contributed by atoms with van der Waals surface area (Å²) in [6.45, 7) is 6.21. The molecular formula is C18H26N2O7. The van der Waals surface area contributed by atoms with Gasteiger partial charge in [0, 0.05) is 19.2 Å². The number of carbonyl (C=O) groups excluding carboxylic acids is 1. The van der Waals surface area contributed by atoms with Gasteiger partial charge in [-0.1, -0.05) is 13.8 Å². The maximum atomic E-state index is 12.7. The van der Waals surface area contributed by atoms with E-state index in [9.17, 15) is 25.6 Å². The molecule has 0 aliphatic heterocycles. The fourth-order valence-corrected chi connectivity index (χ4v) is 4.49. The third-order valence-electron chi connectivity index (χ3n) is 6.34. The first kappa shape index (κ1) is 20.2. The molecule has 27 heavy (non-hydrogen) atoms. The number of ether oxygens (including phenoxy) is 2. The number of nitrogens with one attached hydrogen (secondary N) is 2. The smallest absolute Gasteiger partial charge is 0.339 e. The van der Waals surface area contributed by atoms with Crippen LogP contribution >= 0.6 is 0 Å². The van der Waals surface area contributed by atoms with Gasteiger partial charge >= 0.3 is 5.97 Å². The molecule has 1 aromatic carbocycles. The first-order valence-corrected chi connectivity index (χ1v) is 8.87. The molecule has 0 bridgehead atoms. The zero-order chi connectivity index (χ0) is 20.1. The normalized spacial score (nSPS) is 33.7. The molecule has 9 heteroatoms. The molecule has 2 fully saturated rings. The Morgan fingerprint density at radius 3 is 2.15 bits per heavy atom. The standard InChI is InChI=1S/C18H26N2O7/c1-17(2)13-8-15(26-4)18(3,9-14(13)17)27-16(21)10-5-11(19(22)23)7-12(6-10)20(24)25/h5-7,13-15,19-20,22,24H,8-9H2,1-4H3/t13?,14?,15-,18-/m1/s1. The number of benzene rings is 1. The molecule has 2 aliphatic carbocycles. The predicted octanol–water partition coefficient (Wildman–Crippen LogP) is 0.490. The maximum absolute atomic E-state index is 12.7. The van der Waals surface area contributed by atoms with Crippen LogP contribution < -0.4 is 10.5 Å². The zero-order valence-electron chi connectivity index (χ0n) is 15.8. The third-order valence-corrected chi connectivity index (χ3v) is 6.34. The van der Waals surface area contributed by atoms with Gasteiger partial charge in [0.25, 0.3) is 0 Å². The van der Waals surface area contributed by atoms with E-state index >= 15 is 0 Å². The monoisotopic (exact) mass is 382 g/mol. The maximum Gasteiger partial charge on any atom is 0.339 e. The van der Waals surface area contributed by atoms with Crippen LogP contribution in [0.15, 0.2) is 18.2 Å². The Morgan fingerprint density at radius 2 is 1.67 bits per heavy atom. The number of hydrogen-bond acceptors (Lipinski definition) is 7. The second-order valence-electron chi connectivity index (χ2n) is 8.31. The fraction of sp³-hybridized carbons (Fsp3) is 0.611. The highest BCUT2D eigenvalue weighted by molar-refractivity contribution is 5.91. The molecule has 0 radical (unpaired) electrons. The Morgan fingerprint density at radius 1 is 1.11 bits per heavy atom. The van der Waals surface area contributed by atoms with Gasteiger partial charge in [0.2, 0.25) is 0 Å². The summed E-state index contributed by atoms with van der Waals surface area (Å²) in [6, 6.07) is 3.28. The van der Waals surface area contributed by atoms with Gasteiger partial charge in [0.15, 0.2) is 11.4 Å². The number of hydrogen-bond donors (Lipinski definition) is 4. The largest absolute Gasteiger partial charge is 0.595 e. The Hall–Kier alpha value is -1.59. The topological polar surface area (TPSA) is 131 Å². The average Bonchev–Trinajstić information content (AvgIpc) is 3.11. The van der Waals surface area contributed by atoms with Gasteiger partial charge in [-0.15, -0.1) is 0 Å². The molecule has 0 saturated heterocycles. The summed E-state index contributed by atoms with van der Waals surface area (Å²) < 4.78 is 11.4. The highest BCUT2D eigenvalue weighted by Gasteiger charge is 2.65. The lowest BCUT2D eigenvalue weighted by atomic mass is 9.83. The molecule has 0 heterocycles.